The van der Waals surface area contributed by atoms with Gasteiger partial charge < -0.3 is 0 Å². The van der Waals surface area contributed by atoms with E-state index in [4.69, 9.17) is 0 Å². The number of unbranched alkanes of at least 4 members (excludes halogenated alkanes) is 28. The zero-order chi connectivity index (χ0) is 29.2. The molecule has 0 N–H and O–H groups in total. The van der Waals surface area contributed by atoms with Gasteiger partial charge in [0.1, 0.15) is 0 Å². The topological polar surface area (TPSA) is 34.1 Å². The van der Waals surface area contributed by atoms with Crippen molar-refractivity contribution in [3.8, 4) is 0 Å². The molecule has 0 radical (unpaired) electrons. The number of hydrogen-bond donors (Lipinski definition) is 0. The van der Waals surface area contributed by atoms with Crippen LogP contribution in [0.2, 0.25) is 0 Å². The normalized spacial score (nSPS) is 11.3. The summed E-state index contributed by atoms with van der Waals surface area (Å²) in [7, 11) is 0. The number of carbonyl (C=O) groups excluding carboxylic acids is 2. The van der Waals surface area contributed by atoms with Gasteiger partial charge in [0.25, 0.3) is 0 Å². The second-order valence-corrected chi connectivity index (χ2v) is 18.6. The summed E-state index contributed by atoms with van der Waals surface area (Å²) in [5.74, 6) is 0. The van der Waals surface area contributed by atoms with Crippen LogP contribution >= 0.6 is 0 Å². The third kappa shape index (κ3) is 34.6. The average Bonchev–Trinajstić information content (AvgIpc) is 2.96. The number of carbonyl (C=O) groups is 2. The summed E-state index contributed by atoms with van der Waals surface area (Å²) < 4.78 is 0.791. The van der Waals surface area contributed by atoms with Crippen molar-refractivity contribution in [2.24, 2.45) is 0 Å². The first kappa shape index (κ1) is 40.4. The molecule has 0 fully saturated rings. The van der Waals surface area contributed by atoms with E-state index in [9.17, 15) is 9.59 Å². The van der Waals surface area contributed by atoms with Crippen LogP contribution in [-0.4, -0.2) is 35.6 Å². The van der Waals surface area contributed by atoms with E-state index >= 15 is 0 Å². The Bertz CT molecular complexity index is 477. The molecule has 0 saturated carbocycles. The Labute approximate surface area is 263 Å². The van der Waals surface area contributed by atoms with Gasteiger partial charge in [-0.15, -0.1) is 0 Å². The Morgan fingerprint density at radius 2 is 0.475 bits per heavy atom. The first-order chi connectivity index (χ1) is 19.7. The Kier molecular flexibility index (Phi) is 35.9. The standard InChI is InChI=1S/C36H70O2Se2/c1-3-5-7-9-11-13-15-17-19-21-23-25-27-29-31-33-35(37)39-40-36(38)34-32-30-28-26-24-22-20-18-16-14-12-10-8-6-4-2/h3-34H2,1-2H3. The Morgan fingerprint density at radius 3 is 0.675 bits per heavy atom. The zero-order valence-corrected chi connectivity index (χ0v) is 30.7. The van der Waals surface area contributed by atoms with E-state index in [2.05, 4.69) is 13.8 Å². The summed E-state index contributed by atoms with van der Waals surface area (Å²) in [6, 6.07) is 0. The molecule has 0 aliphatic heterocycles. The van der Waals surface area contributed by atoms with E-state index in [0.29, 0.717) is 9.36 Å². The van der Waals surface area contributed by atoms with Crippen molar-refractivity contribution in [2.45, 2.75) is 219 Å². The van der Waals surface area contributed by atoms with Crippen LogP contribution in [0.15, 0.2) is 0 Å². The van der Waals surface area contributed by atoms with Gasteiger partial charge >= 0.3 is 186 Å². The summed E-state index contributed by atoms with van der Waals surface area (Å²) >= 11 is -0.0921. The molecule has 0 heterocycles. The molecule has 4 heteroatoms. The van der Waals surface area contributed by atoms with Crippen molar-refractivity contribution in [1.29, 1.82) is 0 Å². The van der Waals surface area contributed by atoms with Gasteiger partial charge in [0.05, 0.1) is 0 Å². The van der Waals surface area contributed by atoms with E-state index in [-0.39, 0.29) is 26.3 Å². The van der Waals surface area contributed by atoms with Gasteiger partial charge in [-0.1, -0.05) is 78.1 Å². The van der Waals surface area contributed by atoms with Gasteiger partial charge in [-0.05, 0) is 0 Å². The maximum absolute atomic E-state index is 12.2. The van der Waals surface area contributed by atoms with Crippen LogP contribution in [0.5, 0.6) is 0 Å². The smallest absolute Gasteiger partial charge is 0.0654 e. The molecule has 0 aromatic heterocycles. The minimum absolute atomic E-state index is 0.0460. The van der Waals surface area contributed by atoms with E-state index in [1.165, 1.54) is 180 Å². The van der Waals surface area contributed by atoms with Crippen LogP contribution in [0.3, 0.4) is 0 Å². The summed E-state index contributed by atoms with van der Waals surface area (Å²) in [5, 5.41) is 0. The third-order valence-electron chi connectivity index (χ3n) is 8.20. The molecule has 0 rings (SSSR count). The zero-order valence-electron chi connectivity index (χ0n) is 27.3. The van der Waals surface area contributed by atoms with Crippen molar-refractivity contribution in [1.82, 2.24) is 0 Å². The van der Waals surface area contributed by atoms with E-state index in [1.54, 1.807) is 0 Å². The maximum atomic E-state index is 12.2. The van der Waals surface area contributed by atoms with Crippen molar-refractivity contribution in [3.05, 3.63) is 0 Å². The summed E-state index contributed by atoms with van der Waals surface area (Å²) in [6.45, 7) is 4.57. The third-order valence-corrected chi connectivity index (χ3v) is 15.0. The molecule has 40 heavy (non-hydrogen) atoms. The van der Waals surface area contributed by atoms with Crippen LogP contribution < -0.4 is 0 Å². The van der Waals surface area contributed by atoms with Crippen molar-refractivity contribution in [3.63, 3.8) is 0 Å². The molecule has 0 saturated heterocycles. The fraction of sp³-hybridized carbons (Fsp3) is 0.944. The van der Waals surface area contributed by atoms with Gasteiger partial charge in [0.15, 0.2) is 0 Å². The molecule has 0 atom stereocenters. The Balaban J connectivity index is 3.27. The number of hydrogen-bond acceptors (Lipinski definition) is 2. The number of rotatable bonds is 35. The van der Waals surface area contributed by atoms with Crippen LogP contribution in [0.4, 0.5) is 0 Å². The fourth-order valence-corrected chi connectivity index (χ4v) is 10.6. The second kappa shape index (κ2) is 35.6. The summed E-state index contributed by atoms with van der Waals surface area (Å²) in [5.41, 5.74) is 0. The molecule has 0 aromatic rings. The predicted molar refractivity (Wildman–Crippen MR) is 181 cm³/mol. The second-order valence-electron chi connectivity index (χ2n) is 12.3. The van der Waals surface area contributed by atoms with Crippen LogP contribution in [0, 0.1) is 0 Å². The van der Waals surface area contributed by atoms with Crippen LogP contribution in [-0.2, 0) is 9.59 Å². The van der Waals surface area contributed by atoms with E-state index in [1.807, 2.05) is 0 Å². The van der Waals surface area contributed by atoms with Gasteiger partial charge in [0.2, 0.25) is 0 Å². The Morgan fingerprint density at radius 1 is 0.300 bits per heavy atom. The van der Waals surface area contributed by atoms with Gasteiger partial charge in [-0.3, -0.25) is 0 Å². The molecule has 0 spiro atoms. The van der Waals surface area contributed by atoms with E-state index < -0.39 is 0 Å². The molecule has 2 nitrogen and oxygen atoms in total. The van der Waals surface area contributed by atoms with E-state index in [0.717, 1.165) is 25.7 Å². The molecular weight excluding hydrogens is 622 g/mol. The molecule has 0 bridgehead atoms. The predicted octanol–water partition coefficient (Wildman–Crippen LogP) is 11.9. The molecule has 0 amide bonds. The van der Waals surface area contributed by atoms with Gasteiger partial charge in [0, 0.05) is 0 Å². The monoisotopic (exact) mass is 694 g/mol. The average molecular weight is 693 g/mol. The molecule has 0 unspecified atom stereocenters. The fourth-order valence-electron chi connectivity index (χ4n) is 5.46. The minimum Gasteiger partial charge on any atom is -0.0654 e. The van der Waals surface area contributed by atoms with Crippen molar-refractivity contribution >= 4 is 35.6 Å². The first-order valence-electron chi connectivity index (χ1n) is 18.1. The van der Waals surface area contributed by atoms with Crippen molar-refractivity contribution in [2.75, 3.05) is 0 Å². The SMILES string of the molecule is CCCCCCCCCCCCCCCCCC(=O)[Se][Se]C(=O)CCCCCCCCCCCCCCCCC. The Hall–Kier alpha value is 0.379. The molecular formula is C36H70O2Se2. The molecule has 0 aliphatic rings. The van der Waals surface area contributed by atoms with Crippen molar-refractivity contribution < 1.29 is 9.59 Å². The first-order valence-corrected chi connectivity index (χ1v) is 24.2. The van der Waals surface area contributed by atoms with Crippen LogP contribution in [0.1, 0.15) is 219 Å². The van der Waals surface area contributed by atoms with Gasteiger partial charge in [-0.2, -0.15) is 0 Å². The van der Waals surface area contributed by atoms with Crippen LogP contribution in [0.25, 0.3) is 0 Å². The molecule has 0 aromatic carbocycles. The summed E-state index contributed by atoms with van der Waals surface area (Å²) in [4.78, 5) is 24.4. The van der Waals surface area contributed by atoms with Gasteiger partial charge in [-0.25, -0.2) is 0 Å². The molecule has 238 valence electrons. The minimum atomic E-state index is -0.0460. The quantitative estimate of drug-likeness (QED) is 0.0489. The molecule has 0 aliphatic carbocycles. The summed E-state index contributed by atoms with van der Waals surface area (Å²) in [6.07, 6.45) is 42.2.